The van der Waals surface area contributed by atoms with Crippen LogP contribution in [0.1, 0.15) is 43.3 Å². The lowest BCUT2D eigenvalue weighted by Crippen LogP contribution is -2.41. The highest BCUT2D eigenvalue weighted by atomic mass is 32.2. The van der Waals surface area contributed by atoms with Crippen LogP contribution in [0.15, 0.2) is 53.7 Å². The van der Waals surface area contributed by atoms with Gasteiger partial charge in [0.25, 0.3) is 0 Å². The van der Waals surface area contributed by atoms with E-state index in [0.29, 0.717) is 11.8 Å². The summed E-state index contributed by atoms with van der Waals surface area (Å²) in [4.78, 5) is 13.4. The molecule has 0 bridgehead atoms. The fraction of sp³-hybridized carbons (Fsp3) is 0.348. The van der Waals surface area contributed by atoms with Crippen molar-refractivity contribution in [1.29, 1.82) is 0 Å². The van der Waals surface area contributed by atoms with Crippen molar-refractivity contribution in [2.24, 2.45) is 0 Å². The van der Waals surface area contributed by atoms with Crippen LogP contribution in [-0.4, -0.2) is 32.6 Å². The Kier molecular flexibility index (Phi) is 6.46. The van der Waals surface area contributed by atoms with Gasteiger partial charge in [0.05, 0.1) is 12.6 Å². The van der Waals surface area contributed by atoms with Crippen LogP contribution in [0.5, 0.6) is 5.75 Å². The maximum Gasteiger partial charge on any atom is 0.240 e. The number of anilines is 1. The molecule has 1 aromatic heterocycles. The Labute approximate surface area is 186 Å². The molecule has 2 aromatic carbocycles. The van der Waals surface area contributed by atoms with Gasteiger partial charge in [0.1, 0.15) is 11.0 Å². The van der Waals surface area contributed by atoms with Gasteiger partial charge >= 0.3 is 0 Å². The molecule has 1 aliphatic heterocycles. The van der Waals surface area contributed by atoms with E-state index in [-0.39, 0.29) is 11.9 Å². The molecule has 1 amide bonds. The zero-order valence-electron chi connectivity index (χ0n) is 18.0. The molecule has 4 rings (SSSR count). The summed E-state index contributed by atoms with van der Waals surface area (Å²) in [6.45, 7) is 6.67. The van der Waals surface area contributed by atoms with Crippen molar-refractivity contribution < 1.29 is 9.53 Å². The molecule has 7 nitrogen and oxygen atoms in total. The largest absolute Gasteiger partial charge is 0.494 e. The van der Waals surface area contributed by atoms with E-state index in [9.17, 15) is 4.79 Å². The summed E-state index contributed by atoms with van der Waals surface area (Å²) in [6, 6.07) is 15.4. The van der Waals surface area contributed by atoms with Gasteiger partial charge in [-0.15, -0.1) is 10.2 Å². The van der Waals surface area contributed by atoms with Crippen LogP contribution in [0.2, 0.25) is 0 Å². The van der Waals surface area contributed by atoms with Crippen molar-refractivity contribution >= 4 is 23.4 Å². The monoisotopic (exact) mass is 437 g/mol. The summed E-state index contributed by atoms with van der Waals surface area (Å²) in [6.07, 6.45) is 1.78. The molecule has 8 heteroatoms. The van der Waals surface area contributed by atoms with Crippen molar-refractivity contribution in [2.45, 2.75) is 50.1 Å². The number of fused-ring (bicyclic) bond motifs is 1. The van der Waals surface area contributed by atoms with E-state index in [0.717, 1.165) is 41.2 Å². The van der Waals surface area contributed by atoms with Gasteiger partial charge in [-0.25, -0.2) is 4.68 Å². The molecule has 0 saturated heterocycles. The Bertz CT molecular complexity index is 1050. The number of rotatable bonds is 7. The van der Waals surface area contributed by atoms with Crippen molar-refractivity contribution in [1.82, 2.24) is 14.9 Å². The highest BCUT2D eigenvalue weighted by Crippen LogP contribution is 2.38. The van der Waals surface area contributed by atoms with Gasteiger partial charge in [-0.3, -0.25) is 4.79 Å². The molecule has 0 radical (unpaired) electrons. The third-order valence-corrected chi connectivity index (χ3v) is 6.40. The molecule has 31 heavy (non-hydrogen) atoms. The molecule has 2 N–H and O–H groups in total. The van der Waals surface area contributed by atoms with Crippen LogP contribution in [0.25, 0.3) is 0 Å². The van der Waals surface area contributed by atoms with Crippen LogP contribution in [0, 0.1) is 6.92 Å². The summed E-state index contributed by atoms with van der Waals surface area (Å²) in [5.74, 6) is 1.61. The summed E-state index contributed by atoms with van der Waals surface area (Å²) in [5.41, 5.74) is 6.34. The van der Waals surface area contributed by atoms with Gasteiger partial charge in [0.15, 0.2) is 5.82 Å². The maximum atomic E-state index is 13.4. The average molecular weight is 438 g/mol. The van der Waals surface area contributed by atoms with Crippen molar-refractivity contribution in [3.63, 3.8) is 0 Å². The minimum atomic E-state index is -0.413. The highest BCUT2D eigenvalue weighted by Gasteiger charge is 2.37. The van der Waals surface area contributed by atoms with E-state index in [1.807, 2.05) is 67.1 Å². The number of ether oxygens (including phenoxy) is 1. The number of carbonyl (C=O) groups is 1. The molecule has 2 heterocycles. The van der Waals surface area contributed by atoms with E-state index < -0.39 is 5.25 Å². The first-order valence-corrected chi connectivity index (χ1v) is 11.5. The summed E-state index contributed by atoms with van der Waals surface area (Å²) >= 11 is 1.44. The zero-order chi connectivity index (χ0) is 21.8. The molecule has 2 unspecified atom stereocenters. The molecule has 3 aromatic rings. The molecular weight excluding hydrogens is 410 g/mol. The second-order valence-electron chi connectivity index (χ2n) is 7.44. The summed E-state index contributed by atoms with van der Waals surface area (Å²) in [7, 11) is 0. The number of aryl methyl sites for hydroxylation is 2. The molecule has 0 saturated carbocycles. The summed E-state index contributed by atoms with van der Waals surface area (Å²) in [5, 5.41) is 12.0. The number of para-hydroxylation sites is 1. The SMILES string of the molecule is CCCc1nnc2n1NC(c1ccc(OCC)cc1)C(C(=O)Nc1ccccc1C)S2. The number of hydrogen-bond acceptors (Lipinski definition) is 6. The zero-order valence-corrected chi connectivity index (χ0v) is 18.8. The van der Waals surface area contributed by atoms with Gasteiger partial charge in [-0.2, -0.15) is 0 Å². The predicted octanol–water partition coefficient (Wildman–Crippen LogP) is 4.34. The van der Waals surface area contributed by atoms with Crippen molar-refractivity contribution in [3.8, 4) is 5.75 Å². The van der Waals surface area contributed by atoms with Crippen LogP contribution >= 0.6 is 11.8 Å². The van der Waals surface area contributed by atoms with Crippen LogP contribution in [0.3, 0.4) is 0 Å². The van der Waals surface area contributed by atoms with Crippen LogP contribution in [0.4, 0.5) is 5.69 Å². The van der Waals surface area contributed by atoms with Gasteiger partial charge in [0, 0.05) is 12.1 Å². The fourth-order valence-electron chi connectivity index (χ4n) is 3.59. The second-order valence-corrected chi connectivity index (χ2v) is 8.54. The summed E-state index contributed by atoms with van der Waals surface area (Å²) < 4.78 is 7.50. The number of aromatic nitrogens is 3. The smallest absolute Gasteiger partial charge is 0.240 e. The molecule has 0 spiro atoms. The maximum absolute atomic E-state index is 13.4. The van der Waals surface area contributed by atoms with E-state index in [4.69, 9.17) is 4.74 Å². The van der Waals surface area contributed by atoms with Crippen LogP contribution in [-0.2, 0) is 11.2 Å². The lowest BCUT2D eigenvalue weighted by molar-refractivity contribution is -0.116. The average Bonchev–Trinajstić information content (AvgIpc) is 3.17. The Morgan fingerprint density at radius 3 is 2.65 bits per heavy atom. The number of benzene rings is 2. The molecule has 0 aliphatic carbocycles. The van der Waals surface area contributed by atoms with E-state index in [2.05, 4.69) is 27.9 Å². The van der Waals surface area contributed by atoms with Gasteiger partial charge in [0.2, 0.25) is 11.1 Å². The second kappa shape index (κ2) is 9.43. The van der Waals surface area contributed by atoms with Crippen molar-refractivity contribution in [2.75, 3.05) is 17.3 Å². The van der Waals surface area contributed by atoms with E-state index >= 15 is 0 Å². The third-order valence-electron chi connectivity index (χ3n) is 5.19. The lowest BCUT2D eigenvalue weighted by Gasteiger charge is -2.33. The molecule has 1 aliphatic rings. The Morgan fingerprint density at radius 2 is 1.94 bits per heavy atom. The Balaban J connectivity index is 1.66. The Morgan fingerprint density at radius 1 is 1.16 bits per heavy atom. The first-order chi connectivity index (χ1) is 15.1. The van der Waals surface area contributed by atoms with E-state index in [1.54, 1.807) is 0 Å². The fourth-order valence-corrected chi connectivity index (χ4v) is 4.69. The lowest BCUT2D eigenvalue weighted by atomic mass is 10.0. The van der Waals surface area contributed by atoms with Gasteiger partial charge in [-0.05, 0) is 49.6 Å². The molecule has 162 valence electrons. The first kappa shape index (κ1) is 21.2. The number of hydrogen-bond donors (Lipinski definition) is 2. The highest BCUT2D eigenvalue weighted by molar-refractivity contribution is 8.00. The molecular formula is C23H27N5O2S. The van der Waals surface area contributed by atoms with E-state index in [1.165, 1.54) is 11.8 Å². The normalized spacial score (nSPS) is 17.5. The quantitative estimate of drug-likeness (QED) is 0.572. The van der Waals surface area contributed by atoms with Crippen molar-refractivity contribution in [3.05, 3.63) is 65.5 Å². The predicted molar refractivity (Wildman–Crippen MR) is 123 cm³/mol. The minimum Gasteiger partial charge on any atom is -0.494 e. The first-order valence-electron chi connectivity index (χ1n) is 10.6. The number of carbonyl (C=O) groups excluding carboxylic acids is 1. The molecule has 0 fully saturated rings. The number of nitrogens with zero attached hydrogens (tertiary/aromatic N) is 3. The Hall–Kier alpha value is -3.00. The topological polar surface area (TPSA) is 81.1 Å². The standard InChI is InChI=1S/C23H27N5O2S/c1-4-8-19-25-26-23-28(19)27-20(16-11-13-17(14-12-16)30-5-2)21(31-23)22(29)24-18-10-7-6-9-15(18)3/h6-7,9-14,20-21,27H,4-5,8H2,1-3H3,(H,24,29). The minimum absolute atomic E-state index is 0.0722. The van der Waals surface area contributed by atoms with Gasteiger partial charge < -0.3 is 15.5 Å². The van der Waals surface area contributed by atoms with Gasteiger partial charge in [-0.1, -0.05) is 49.0 Å². The number of nitrogens with one attached hydrogen (secondary N) is 2. The number of amides is 1. The number of thioether (sulfide) groups is 1. The third kappa shape index (κ3) is 4.54. The molecule has 2 atom stereocenters. The van der Waals surface area contributed by atoms with Crippen LogP contribution < -0.4 is 15.5 Å².